The lowest BCUT2D eigenvalue weighted by atomic mass is 10.3. The summed E-state index contributed by atoms with van der Waals surface area (Å²) in [6.45, 7) is 0. The molecule has 0 aliphatic heterocycles. The minimum absolute atomic E-state index is 0.215. The number of pyridine rings is 1. The van der Waals surface area contributed by atoms with Gasteiger partial charge >= 0.3 is 0 Å². The smallest absolute Gasteiger partial charge is 0.151 e. The highest BCUT2D eigenvalue weighted by molar-refractivity contribution is 9.10. The number of halogens is 3. The zero-order chi connectivity index (χ0) is 14.0. The number of benzene rings is 1. The molecular formula is C12H10BrCl2N3O. The van der Waals surface area contributed by atoms with Gasteiger partial charge in [0, 0.05) is 10.5 Å². The van der Waals surface area contributed by atoms with Gasteiger partial charge in [-0.1, -0.05) is 23.2 Å². The fourth-order valence-electron chi connectivity index (χ4n) is 1.42. The van der Waals surface area contributed by atoms with Gasteiger partial charge in [0.2, 0.25) is 0 Å². The molecule has 4 nitrogen and oxygen atoms in total. The number of methoxy groups -OCH3 is 1. The third-order valence-electron chi connectivity index (χ3n) is 2.38. The van der Waals surface area contributed by atoms with Gasteiger partial charge in [0.25, 0.3) is 0 Å². The molecule has 0 unspecified atom stereocenters. The molecular weight excluding hydrogens is 353 g/mol. The van der Waals surface area contributed by atoms with E-state index in [0.717, 1.165) is 10.2 Å². The van der Waals surface area contributed by atoms with E-state index in [0.29, 0.717) is 21.6 Å². The van der Waals surface area contributed by atoms with Crippen LogP contribution in [0.3, 0.4) is 0 Å². The normalized spacial score (nSPS) is 10.3. The van der Waals surface area contributed by atoms with Gasteiger partial charge in [0.15, 0.2) is 5.82 Å². The highest BCUT2D eigenvalue weighted by Crippen LogP contribution is 2.33. The first-order valence-electron chi connectivity index (χ1n) is 5.23. The summed E-state index contributed by atoms with van der Waals surface area (Å²) in [5.41, 5.74) is 6.42. The molecule has 0 fully saturated rings. The molecule has 2 aromatic rings. The van der Waals surface area contributed by atoms with Crippen molar-refractivity contribution in [1.82, 2.24) is 4.98 Å². The van der Waals surface area contributed by atoms with Crippen LogP contribution in [0.4, 0.5) is 17.3 Å². The first kappa shape index (κ1) is 14.2. The van der Waals surface area contributed by atoms with E-state index in [1.807, 2.05) is 18.2 Å². The Morgan fingerprint density at radius 2 is 2.00 bits per heavy atom. The molecule has 0 aliphatic carbocycles. The van der Waals surface area contributed by atoms with Gasteiger partial charge in [-0.15, -0.1) is 0 Å². The molecule has 0 radical (unpaired) electrons. The minimum Gasteiger partial charge on any atom is -0.497 e. The van der Waals surface area contributed by atoms with Crippen molar-refractivity contribution in [3.05, 3.63) is 38.8 Å². The standard InChI is InChI=1S/C12H10BrCl2N3O/c1-19-6-2-3-7(13)10(4-6)17-12-9(15)5-8(14)11(16)18-12/h2-5H,1H3,(H3,16,17,18). The zero-order valence-corrected chi connectivity index (χ0v) is 13.0. The third kappa shape index (κ3) is 3.23. The van der Waals surface area contributed by atoms with Gasteiger partial charge in [0.05, 0.1) is 22.8 Å². The predicted molar refractivity (Wildman–Crippen MR) is 82.6 cm³/mol. The van der Waals surface area contributed by atoms with E-state index in [2.05, 4.69) is 26.2 Å². The summed E-state index contributed by atoms with van der Waals surface area (Å²) >= 11 is 15.3. The van der Waals surface area contributed by atoms with Crippen molar-refractivity contribution in [1.29, 1.82) is 0 Å². The molecule has 0 saturated carbocycles. The van der Waals surface area contributed by atoms with E-state index in [-0.39, 0.29) is 5.82 Å². The Morgan fingerprint density at radius 1 is 1.26 bits per heavy atom. The maximum atomic E-state index is 6.07. The van der Waals surface area contributed by atoms with Crippen LogP contribution < -0.4 is 15.8 Å². The summed E-state index contributed by atoms with van der Waals surface area (Å²) in [6, 6.07) is 7.05. The predicted octanol–water partition coefficient (Wildman–Crippen LogP) is 4.49. The largest absolute Gasteiger partial charge is 0.497 e. The Kier molecular flexibility index (Phi) is 4.39. The van der Waals surface area contributed by atoms with Crippen LogP contribution in [0.15, 0.2) is 28.7 Å². The van der Waals surface area contributed by atoms with Crippen molar-refractivity contribution in [3.63, 3.8) is 0 Å². The topological polar surface area (TPSA) is 60.2 Å². The van der Waals surface area contributed by atoms with Gasteiger partial charge in [-0.3, -0.25) is 0 Å². The molecule has 19 heavy (non-hydrogen) atoms. The number of nitrogens with two attached hydrogens (primary N) is 1. The van der Waals surface area contributed by atoms with Gasteiger partial charge in [0.1, 0.15) is 11.6 Å². The lowest BCUT2D eigenvalue weighted by molar-refractivity contribution is 0.415. The fourth-order valence-corrected chi connectivity index (χ4v) is 2.17. The monoisotopic (exact) mass is 361 g/mol. The van der Waals surface area contributed by atoms with E-state index < -0.39 is 0 Å². The van der Waals surface area contributed by atoms with Gasteiger partial charge in [-0.25, -0.2) is 4.98 Å². The first-order valence-corrected chi connectivity index (χ1v) is 6.78. The number of nitrogens with one attached hydrogen (secondary N) is 1. The van der Waals surface area contributed by atoms with Gasteiger partial charge in [-0.05, 0) is 34.1 Å². The average Bonchev–Trinajstić information content (AvgIpc) is 2.38. The van der Waals surface area contributed by atoms with Crippen molar-refractivity contribution in [2.75, 3.05) is 18.2 Å². The second kappa shape index (κ2) is 5.86. The van der Waals surface area contributed by atoms with Crippen molar-refractivity contribution >= 4 is 56.5 Å². The van der Waals surface area contributed by atoms with Crippen LogP contribution in [0.25, 0.3) is 0 Å². The van der Waals surface area contributed by atoms with E-state index in [4.69, 9.17) is 33.7 Å². The molecule has 1 heterocycles. The Hall–Kier alpha value is -1.17. The number of hydrogen-bond donors (Lipinski definition) is 2. The third-order valence-corrected chi connectivity index (χ3v) is 3.67. The molecule has 100 valence electrons. The van der Waals surface area contributed by atoms with E-state index in [1.54, 1.807) is 13.2 Å². The maximum Gasteiger partial charge on any atom is 0.151 e. The van der Waals surface area contributed by atoms with Crippen LogP contribution in [0.1, 0.15) is 0 Å². The Morgan fingerprint density at radius 3 is 2.68 bits per heavy atom. The van der Waals surface area contributed by atoms with Crippen LogP contribution in [0.5, 0.6) is 5.75 Å². The molecule has 1 aromatic heterocycles. The lowest BCUT2D eigenvalue weighted by Crippen LogP contribution is -2.00. The average molecular weight is 363 g/mol. The van der Waals surface area contributed by atoms with E-state index >= 15 is 0 Å². The van der Waals surface area contributed by atoms with Crippen LogP contribution in [-0.4, -0.2) is 12.1 Å². The molecule has 0 amide bonds. The number of nitrogen functional groups attached to an aromatic ring is 1. The highest BCUT2D eigenvalue weighted by Gasteiger charge is 2.09. The molecule has 3 N–H and O–H groups in total. The van der Waals surface area contributed by atoms with Gasteiger partial charge in [-0.2, -0.15) is 0 Å². The quantitative estimate of drug-likeness (QED) is 0.844. The van der Waals surface area contributed by atoms with Crippen LogP contribution in [0.2, 0.25) is 10.0 Å². The Labute approximate surface area is 129 Å². The Balaban J connectivity index is 2.38. The molecule has 0 aliphatic rings. The number of ether oxygens (including phenoxy) is 1. The van der Waals surface area contributed by atoms with Crippen molar-refractivity contribution in [3.8, 4) is 5.75 Å². The molecule has 0 saturated heterocycles. The SMILES string of the molecule is COc1ccc(Br)c(Nc2nc(N)c(Cl)cc2Cl)c1. The number of hydrogen-bond acceptors (Lipinski definition) is 4. The first-order chi connectivity index (χ1) is 9.01. The fraction of sp³-hybridized carbons (Fsp3) is 0.0833. The van der Waals surface area contributed by atoms with Gasteiger partial charge < -0.3 is 15.8 Å². The Bertz CT molecular complexity index is 622. The summed E-state index contributed by atoms with van der Waals surface area (Å²) in [5, 5.41) is 3.78. The lowest BCUT2D eigenvalue weighted by Gasteiger charge is -2.12. The zero-order valence-electron chi connectivity index (χ0n) is 9.88. The molecule has 0 spiro atoms. The van der Waals surface area contributed by atoms with E-state index in [1.165, 1.54) is 0 Å². The summed E-state index contributed by atoms with van der Waals surface area (Å²) in [7, 11) is 1.60. The second-order valence-corrected chi connectivity index (χ2v) is 5.33. The minimum atomic E-state index is 0.215. The summed E-state index contributed by atoms with van der Waals surface area (Å²) in [4.78, 5) is 4.11. The van der Waals surface area contributed by atoms with Crippen LogP contribution in [-0.2, 0) is 0 Å². The summed E-state index contributed by atoms with van der Waals surface area (Å²) in [6.07, 6.45) is 0. The summed E-state index contributed by atoms with van der Waals surface area (Å²) in [5.74, 6) is 1.36. The number of rotatable bonds is 3. The molecule has 7 heteroatoms. The second-order valence-electron chi connectivity index (χ2n) is 3.66. The number of anilines is 3. The molecule has 2 rings (SSSR count). The number of nitrogens with zero attached hydrogens (tertiary/aromatic N) is 1. The highest BCUT2D eigenvalue weighted by atomic mass is 79.9. The molecule has 0 atom stereocenters. The molecule has 1 aromatic carbocycles. The summed E-state index contributed by atoms with van der Waals surface area (Å²) < 4.78 is 6.01. The van der Waals surface area contributed by atoms with Crippen molar-refractivity contribution in [2.24, 2.45) is 0 Å². The van der Waals surface area contributed by atoms with E-state index in [9.17, 15) is 0 Å². The van der Waals surface area contributed by atoms with Crippen LogP contribution >= 0.6 is 39.1 Å². The maximum absolute atomic E-state index is 6.07. The molecule has 0 bridgehead atoms. The van der Waals surface area contributed by atoms with Crippen molar-refractivity contribution < 1.29 is 4.74 Å². The number of aromatic nitrogens is 1. The van der Waals surface area contributed by atoms with Crippen molar-refractivity contribution in [2.45, 2.75) is 0 Å². The van der Waals surface area contributed by atoms with Crippen LogP contribution in [0, 0.1) is 0 Å².